The third kappa shape index (κ3) is 5.20. The van der Waals surface area contributed by atoms with Crippen LogP contribution in [0.2, 0.25) is 0 Å². The molecule has 4 heteroatoms. The molecule has 1 aromatic rings. The van der Waals surface area contributed by atoms with Crippen LogP contribution in [0.1, 0.15) is 131 Å². The lowest BCUT2D eigenvalue weighted by Gasteiger charge is -2.72. The first-order valence-corrected chi connectivity index (χ1v) is 20.8. The standard InChI is InChI=1S/C47H66FNO2/c1-32(2)35-17-24-47(49-29-30-49)26-25-44(6)37(40(35)47)13-14-39-43(5)20-18-36(42(3,4)38(43)19-21-45(39,44)7)34-15-22-46(23-16-34,27-28-48)41(50)51-31-33-11-9-8-10-12-33/h8-12,15,18,35,37-40H,1,13-14,16-17,19-31H2,2-7H3/t35-,37+,38-,39+,40+,43-,44+,45+,46+,47-/m0/s1. The molecular formula is C47H66FNO2. The molecule has 5 fully saturated rings. The lowest BCUT2D eigenvalue weighted by atomic mass is 9.33. The Morgan fingerprint density at radius 1 is 0.882 bits per heavy atom. The summed E-state index contributed by atoms with van der Waals surface area (Å²) in [5.41, 5.74) is 6.08. The quantitative estimate of drug-likeness (QED) is 0.154. The highest BCUT2D eigenvalue weighted by Crippen LogP contribution is 2.77. The fourth-order valence-electron chi connectivity index (χ4n) is 15.0. The zero-order chi connectivity index (χ0) is 36.0. The van der Waals surface area contributed by atoms with Gasteiger partial charge in [-0.25, -0.2) is 0 Å². The molecule has 10 atom stereocenters. The van der Waals surface area contributed by atoms with Crippen molar-refractivity contribution in [1.29, 1.82) is 0 Å². The molecule has 0 spiro atoms. The number of alkyl halides is 1. The van der Waals surface area contributed by atoms with Crippen LogP contribution in [0.5, 0.6) is 0 Å². The van der Waals surface area contributed by atoms with E-state index < -0.39 is 12.1 Å². The number of carbonyl (C=O) groups is 1. The van der Waals surface area contributed by atoms with E-state index in [9.17, 15) is 9.18 Å². The van der Waals surface area contributed by atoms with Crippen LogP contribution < -0.4 is 0 Å². The summed E-state index contributed by atoms with van der Waals surface area (Å²) in [7, 11) is 0. The van der Waals surface area contributed by atoms with Gasteiger partial charge in [0.25, 0.3) is 0 Å². The summed E-state index contributed by atoms with van der Waals surface area (Å²) in [6, 6.07) is 9.83. The summed E-state index contributed by atoms with van der Waals surface area (Å²) in [5, 5.41) is 0. The third-order valence-corrected chi connectivity index (χ3v) is 17.9. The van der Waals surface area contributed by atoms with Crippen molar-refractivity contribution in [1.82, 2.24) is 4.90 Å². The van der Waals surface area contributed by atoms with Gasteiger partial charge in [0, 0.05) is 18.6 Å². The predicted molar refractivity (Wildman–Crippen MR) is 206 cm³/mol. The Hall–Kier alpha value is -2.20. The molecule has 0 bridgehead atoms. The van der Waals surface area contributed by atoms with Crippen molar-refractivity contribution in [3.63, 3.8) is 0 Å². The number of hydrogen-bond acceptors (Lipinski definition) is 3. The lowest BCUT2D eigenvalue weighted by Crippen LogP contribution is -2.67. The molecule has 0 amide bonds. The average molecular weight is 696 g/mol. The number of hydrogen-bond donors (Lipinski definition) is 0. The Balaban J connectivity index is 1.04. The van der Waals surface area contributed by atoms with Crippen molar-refractivity contribution in [2.45, 2.75) is 137 Å². The molecule has 1 saturated heterocycles. The molecule has 1 aromatic carbocycles. The molecule has 0 radical (unpaired) electrons. The normalized spacial score (nSPS) is 44.2. The highest BCUT2D eigenvalue weighted by atomic mass is 19.1. The van der Waals surface area contributed by atoms with Gasteiger partial charge in [0.1, 0.15) is 6.61 Å². The molecule has 278 valence electrons. The van der Waals surface area contributed by atoms with E-state index in [1.165, 1.54) is 81.2 Å². The van der Waals surface area contributed by atoms with Crippen molar-refractivity contribution in [3.8, 4) is 0 Å². The summed E-state index contributed by atoms with van der Waals surface area (Å²) >= 11 is 0. The van der Waals surface area contributed by atoms with Crippen LogP contribution in [0, 0.1) is 56.7 Å². The van der Waals surface area contributed by atoms with Gasteiger partial charge in [-0.1, -0.05) is 89.3 Å². The second kappa shape index (κ2) is 12.4. The Labute approximate surface area is 308 Å². The molecule has 6 aliphatic carbocycles. The number of ether oxygens (including phenoxy) is 1. The average Bonchev–Trinajstić information content (AvgIpc) is 3.89. The minimum Gasteiger partial charge on any atom is -0.460 e. The molecule has 0 aromatic heterocycles. The van der Waals surface area contributed by atoms with Gasteiger partial charge < -0.3 is 4.74 Å². The van der Waals surface area contributed by atoms with Gasteiger partial charge in [-0.05, 0) is 158 Å². The van der Waals surface area contributed by atoms with Gasteiger partial charge in [0.05, 0.1) is 12.1 Å². The van der Waals surface area contributed by atoms with Crippen molar-refractivity contribution in [2.75, 3.05) is 19.8 Å². The molecule has 51 heavy (non-hydrogen) atoms. The van der Waals surface area contributed by atoms with E-state index >= 15 is 0 Å². The molecule has 0 unspecified atom stereocenters. The number of carbonyl (C=O) groups excluding carboxylic acids is 1. The third-order valence-electron chi connectivity index (χ3n) is 17.9. The number of benzene rings is 1. The second-order valence-corrected chi connectivity index (χ2v) is 20.0. The largest absolute Gasteiger partial charge is 0.460 e. The van der Waals surface area contributed by atoms with Crippen molar-refractivity contribution < 1.29 is 13.9 Å². The molecule has 1 heterocycles. The SMILES string of the molecule is C=C(C)[C@@H]1CC[C@]2(N3CC3)CC[C@]3(C)[C@H](CC[C@@H]4[C@@]5(C)CC=C(C6=CC[C@@](CCF)(C(=O)OCc7ccccc7)CC6)C(C)(C)[C@@H]5CC[C@]43C)[C@@H]12. The molecule has 8 rings (SSSR count). The van der Waals surface area contributed by atoms with E-state index in [1.54, 1.807) is 0 Å². The van der Waals surface area contributed by atoms with Gasteiger partial charge in [-0.3, -0.25) is 14.1 Å². The smallest absolute Gasteiger partial charge is 0.312 e. The van der Waals surface area contributed by atoms with Gasteiger partial charge >= 0.3 is 5.97 Å². The Morgan fingerprint density at radius 3 is 2.31 bits per heavy atom. The topological polar surface area (TPSA) is 29.3 Å². The maximum absolute atomic E-state index is 14.0. The van der Waals surface area contributed by atoms with Gasteiger partial charge in [-0.2, -0.15) is 0 Å². The minimum absolute atomic E-state index is 0.0588. The Kier molecular flexibility index (Phi) is 8.72. The van der Waals surface area contributed by atoms with E-state index in [2.05, 4.69) is 65.2 Å². The number of nitrogens with zero attached hydrogens (tertiary/aromatic N) is 1. The van der Waals surface area contributed by atoms with Gasteiger partial charge in [-0.15, -0.1) is 0 Å². The predicted octanol–water partition coefficient (Wildman–Crippen LogP) is 11.4. The van der Waals surface area contributed by atoms with Crippen molar-refractivity contribution in [3.05, 3.63) is 71.3 Å². The van der Waals surface area contributed by atoms with Crippen molar-refractivity contribution in [2.24, 2.45) is 56.7 Å². The van der Waals surface area contributed by atoms with Crippen LogP contribution in [0.3, 0.4) is 0 Å². The first-order valence-electron chi connectivity index (χ1n) is 20.8. The van der Waals surface area contributed by atoms with Crippen LogP contribution in [0.15, 0.2) is 65.8 Å². The highest BCUT2D eigenvalue weighted by molar-refractivity contribution is 5.77. The summed E-state index contributed by atoms with van der Waals surface area (Å²) in [6.07, 6.45) is 19.3. The number of allylic oxidation sites excluding steroid dienone is 5. The molecule has 3 nitrogen and oxygen atoms in total. The van der Waals surface area contributed by atoms with Crippen LogP contribution >= 0.6 is 0 Å². The van der Waals surface area contributed by atoms with E-state index in [0.717, 1.165) is 36.2 Å². The van der Waals surface area contributed by atoms with Crippen LogP contribution in [0.25, 0.3) is 0 Å². The molecule has 0 N–H and O–H groups in total. The van der Waals surface area contributed by atoms with Gasteiger partial charge in [0.2, 0.25) is 0 Å². The lowest BCUT2D eigenvalue weighted by molar-refractivity contribution is -0.224. The number of fused-ring (bicyclic) bond motifs is 7. The first kappa shape index (κ1) is 35.8. The molecule has 1 aliphatic heterocycles. The van der Waals surface area contributed by atoms with Crippen molar-refractivity contribution >= 4 is 5.97 Å². The van der Waals surface area contributed by atoms with E-state index in [0.29, 0.717) is 41.0 Å². The number of rotatable bonds is 8. The summed E-state index contributed by atoms with van der Waals surface area (Å²) in [6.45, 7) is 22.6. The maximum Gasteiger partial charge on any atom is 0.312 e. The van der Waals surface area contributed by atoms with Crippen LogP contribution in [-0.2, 0) is 16.1 Å². The molecular weight excluding hydrogens is 630 g/mol. The Bertz CT molecular complexity index is 1610. The molecule has 7 aliphatic rings. The van der Waals surface area contributed by atoms with E-state index in [4.69, 9.17) is 4.74 Å². The fourth-order valence-corrected chi connectivity index (χ4v) is 15.0. The number of halogens is 1. The van der Waals surface area contributed by atoms with Crippen LogP contribution in [0.4, 0.5) is 4.39 Å². The summed E-state index contributed by atoms with van der Waals surface area (Å²) in [4.78, 5) is 16.4. The molecule has 4 saturated carbocycles. The summed E-state index contributed by atoms with van der Waals surface area (Å²) < 4.78 is 19.8. The van der Waals surface area contributed by atoms with Gasteiger partial charge in [0.15, 0.2) is 0 Å². The second-order valence-electron chi connectivity index (χ2n) is 20.0. The van der Waals surface area contributed by atoms with E-state index in [1.807, 2.05) is 30.3 Å². The zero-order valence-corrected chi connectivity index (χ0v) is 32.8. The van der Waals surface area contributed by atoms with E-state index in [-0.39, 0.29) is 29.8 Å². The minimum atomic E-state index is -0.766. The highest BCUT2D eigenvalue weighted by Gasteiger charge is 2.71. The maximum atomic E-state index is 14.0. The number of esters is 1. The van der Waals surface area contributed by atoms with Crippen LogP contribution in [-0.4, -0.2) is 36.2 Å². The Morgan fingerprint density at radius 2 is 1.65 bits per heavy atom. The zero-order valence-electron chi connectivity index (χ0n) is 32.8. The summed E-state index contributed by atoms with van der Waals surface area (Å²) in [5.74, 6) is 3.41. The first-order chi connectivity index (χ1) is 24.3. The monoisotopic (exact) mass is 696 g/mol. The fraction of sp³-hybridized carbons (Fsp3) is 0.723.